The first-order valence-electron chi connectivity index (χ1n) is 3.70. The smallest absolute Gasteiger partial charge is 0.247 e. The molecule has 0 amide bonds. The van der Waals surface area contributed by atoms with E-state index in [-0.39, 0.29) is 11.3 Å². The maximum absolute atomic E-state index is 10.6. The van der Waals surface area contributed by atoms with Gasteiger partial charge in [-0.3, -0.25) is 4.79 Å². The van der Waals surface area contributed by atoms with Crippen molar-refractivity contribution in [2.24, 2.45) is 0 Å². The van der Waals surface area contributed by atoms with Crippen LogP contribution in [0.5, 0.6) is 0 Å². The molecule has 0 radical (unpaired) electrons. The molecule has 0 aliphatic carbocycles. The summed E-state index contributed by atoms with van der Waals surface area (Å²) in [6, 6.07) is 0. The predicted molar refractivity (Wildman–Crippen MR) is 43.6 cm³/mol. The molecule has 1 atom stereocenters. The normalized spacial score (nSPS) is 25.6. The fourth-order valence-corrected chi connectivity index (χ4v) is 1.14. The number of hydrogen-bond acceptors (Lipinski definition) is 2. The minimum atomic E-state index is -0.388. The van der Waals surface area contributed by atoms with Crippen LogP contribution < -0.4 is 0 Å². The summed E-state index contributed by atoms with van der Waals surface area (Å²) < 4.78 is 5.29. The minimum absolute atomic E-state index is 0.109. The number of allylic oxidation sites excluding steroid dienone is 1. The van der Waals surface area contributed by atoms with Gasteiger partial charge in [0.1, 0.15) is 0 Å². The van der Waals surface area contributed by atoms with Crippen LogP contribution in [0, 0.1) is 0 Å². The summed E-state index contributed by atoms with van der Waals surface area (Å²) >= 11 is 5.24. The fourth-order valence-electron chi connectivity index (χ4n) is 1.08. The van der Waals surface area contributed by atoms with E-state index in [4.69, 9.17) is 16.3 Å². The highest BCUT2D eigenvalue weighted by molar-refractivity contribution is 6.67. The number of rotatable bonds is 2. The molecular formula is C8H11ClO2. The second kappa shape index (κ2) is 3.88. The lowest BCUT2D eigenvalue weighted by Crippen LogP contribution is -2.02. The quantitative estimate of drug-likeness (QED) is 0.472. The Bertz CT molecular complexity index is 181. The number of halogens is 1. The molecule has 0 aromatic rings. The van der Waals surface area contributed by atoms with E-state index in [0.717, 1.165) is 19.4 Å². The summed E-state index contributed by atoms with van der Waals surface area (Å²) in [5.41, 5.74) is 0.582. The monoisotopic (exact) mass is 174 g/mol. The van der Waals surface area contributed by atoms with Crippen molar-refractivity contribution in [1.82, 2.24) is 0 Å². The maximum Gasteiger partial charge on any atom is 0.247 e. The standard InChI is InChI=1S/C8H11ClO2/c1-6(8(9)10)5-7-3-2-4-11-7/h5,7H,2-4H2,1H3. The van der Waals surface area contributed by atoms with E-state index in [2.05, 4.69) is 0 Å². The lowest BCUT2D eigenvalue weighted by Gasteiger charge is -2.02. The predicted octanol–water partition coefficient (Wildman–Crippen LogP) is 1.88. The van der Waals surface area contributed by atoms with Crippen molar-refractivity contribution >= 4 is 16.8 Å². The lowest BCUT2D eigenvalue weighted by molar-refractivity contribution is -0.108. The van der Waals surface area contributed by atoms with Crippen LogP contribution in [0.1, 0.15) is 19.8 Å². The van der Waals surface area contributed by atoms with Gasteiger partial charge in [-0.1, -0.05) is 0 Å². The molecule has 1 aliphatic heterocycles. The van der Waals surface area contributed by atoms with Crippen LogP contribution in [0.2, 0.25) is 0 Å². The van der Waals surface area contributed by atoms with Gasteiger partial charge in [-0.15, -0.1) is 0 Å². The zero-order valence-corrected chi connectivity index (χ0v) is 7.23. The molecule has 1 unspecified atom stereocenters. The van der Waals surface area contributed by atoms with Crippen LogP contribution in [0.3, 0.4) is 0 Å². The average molecular weight is 175 g/mol. The van der Waals surface area contributed by atoms with Crippen LogP contribution in [-0.4, -0.2) is 18.0 Å². The molecule has 0 N–H and O–H groups in total. The van der Waals surface area contributed by atoms with E-state index in [1.54, 1.807) is 13.0 Å². The third kappa shape index (κ3) is 2.64. The van der Waals surface area contributed by atoms with Crippen molar-refractivity contribution in [2.75, 3.05) is 6.61 Å². The third-order valence-corrected chi connectivity index (χ3v) is 2.01. The molecule has 62 valence electrons. The second-order valence-corrected chi connectivity index (χ2v) is 3.02. The van der Waals surface area contributed by atoms with Gasteiger partial charge in [-0.05, 0) is 37.4 Å². The highest BCUT2D eigenvalue weighted by Gasteiger charge is 2.13. The summed E-state index contributed by atoms with van der Waals surface area (Å²) in [7, 11) is 0. The van der Waals surface area contributed by atoms with Gasteiger partial charge in [0.25, 0.3) is 0 Å². The maximum atomic E-state index is 10.6. The molecule has 0 aromatic carbocycles. The Balaban J connectivity index is 2.49. The molecule has 1 fully saturated rings. The van der Waals surface area contributed by atoms with Crippen molar-refractivity contribution in [3.63, 3.8) is 0 Å². The second-order valence-electron chi connectivity index (χ2n) is 2.67. The molecule has 1 rings (SSSR count). The van der Waals surface area contributed by atoms with E-state index >= 15 is 0 Å². The van der Waals surface area contributed by atoms with Gasteiger partial charge >= 0.3 is 0 Å². The van der Waals surface area contributed by atoms with Crippen LogP contribution in [0.25, 0.3) is 0 Å². The van der Waals surface area contributed by atoms with Crippen molar-refractivity contribution in [2.45, 2.75) is 25.9 Å². The molecule has 11 heavy (non-hydrogen) atoms. The molecular weight excluding hydrogens is 164 g/mol. The van der Waals surface area contributed by atoms with Gasteiger partial charge < -0.3 is 4.74 Å². The van der Waals surface area contributed by atoms with Crippen molar-refractivity contribution in [3.8, 4) is 0 Å². The van der Waals surface area contributed by atoms with Crippen LogP contribution in [0.4, 0.5) is 0 Å². The first-order chi connectivity index (χ1) is 5.20. The summed E-state index contributed by atoms with van der Waals surface area (Å²) in [5.74, 6) is 0. The number of ether oxygens (including phenoxy) is 1. The summed E-state index contributed by atoms with van der Waals surface area (Å²) in [4.78, 5) is 10.6. The number of carbonyl (C=O) groups is 1. The molecule has 1 aliphatic rings. The molecule has 0 spiro atoms. The molecule has 3 heteroatoms. The molecule has 1 heterocycles. The minimum Gasteiger partial charge on any atom is -0.374 e. The van der Waals surface area contributed by atoms with Crippen molar-refractivity contribution in [3.05, 3.63) is 11.6 Å². The van der Waals surface area contributed by atoms with Gasteiger partial charge in [-0.2, -0.15) is 0 Å². The first-order valence-corrected chi connectivity index (χ1v) is 4.08. The Morgan fingerprint density at radius 3 is 2.91 bits per heavy atom. The summed E-state index contributed by atoms with van der Waals surface area (Å²) in [6.07, 6.45) is 3.98. The van der Waals surface area contributed by atoms with Gasteiger partial charge in [-0.25, -0.2) is 0 Å². The fraction of sp³-hybridized carbons (Fsp3) is 0.625. The Labute approximate surface area is 71.2 Å². The highest BCUT2D eigenvalue weighted by atomic mass is 35.5. The highest BCUT2D eigenvalue weighted by Crippen LogP contribution is 2.15. The van der Waals surface area contributed by atoms with Crippen molar-refractivity contribution < 1.29 is 9.53 Å². The summed E-state index contributed by atoms with van der Waals surface area (Å²) in [6.45, 7) is 2.50. The van der Waals surface area contributed by atoms with Gasteiger partial charge in [0.05, 0.1) is 6.10 Å². The average Bonchev–Trinajstić information content (AvgIpc) is 2.39. The Hall–Kier alpha value is -0.340. The van der Waals surface area contributed by atoms with E-state index in [1.165, 1.54) is 0 Å². The Kier molecular flexibility index (Phi) is 3.09. The van der Waals surface area contributed by atoms with Crippen LogP contribution in [0.15, 0.2) is 11.6 Å². The lowest BCUT2D eigenvalue weighted by atomic mass is 10.2. The zero-order valence-electron chi connectivity index (χ0n) is 6.47. The van der Waals surface area contributed by atoms with Gasteiger partial charge in [0.15, 0.2) is 0 Å². The zero-order chi connectivity index (χ0) is 8.27. The first kappa shape index (κ1) is 8.75. The SMILES string of the molecule is CC(=CC1CCCO1)C(=O)Cl. The van der Waals surface area contributed by atoms with Crippen molar-refractivity contribution in [1.29, 1.82) is 0 Å². The molecule has 2 nitrogen and oxygen atoms in total. The number of hydrogen-bond donors (Lipinski definition) is 0. The Morgan fingerprint density at radius 1 is 1.73 bits per heavy atom. The molecule has 0 saturated carbocycles. The third-order valence-electron chi connectivity index (χ3n) is 1.71. The van der Waals surface area contributed by atoms with Gasteiger partial charge in [0, 0.05) is 12.2 Å². The van der Waals surface area contributed by atoms with E-state index < -0.39 is 0 Å². The largest absolute Gasteiger partial charge is 0.374 e. The van der Waals surface area contributed by atoms with E-state index in [9.17, 15) is 4.79 Å². The Morgan fingerprint density at radius 2 is 2.45 bits per heavy atom. The molecule has 0 bridgehead atoms. The topological polar surface area (TPSA) is 26.3 Å². The van der Waals surface area contributed by atoms with E-state index in [1.807, 2.05) is 0 Å². The molecule has 1 saturated heterocycles. The van der Waals surface area contributed by atoms with Gasteiger partial charge in [0.2, 0.25) is 5.24 Å². The van der Waals surface area contributed by atoms with Crippen LogP contribution in [-0.2, 0) is 9.53 Å². The van der Waals surface area contributed by atoms with Crippen LogP contribution >= 0.6 is 11.6 Å². The summed E-state index contributed by atoms with van der Waals surface area (Å²) in [5, 5.41) is -0.388. The molecule has 0 aromatic heterocycles. The van der Waals surface area contributed by atoms with E-state index in [0.29, 0.717) is 5.57 Å². The number of carbonyl (C=O) groups excluding carboxylic acids is 1.